The van der Waals surface area contributed by atoms with Gasteiger partial charge < -0.3 is 19.4 Å². The van der Waals surface area contributed by atoms with E-state index in [1.807, 2.05) is 0 Å². The van der Waals surface area contributed by atoms with Gasteiger partial charge in [0.05, 0.1) is 18.1 Å². The molecule has 3 rings (SSSR count). The number of phenols is 2. The maximum Gasteiger partial charge on any atom is 0.338 e. The molecule has 0 aliphatic carbocycles. The quantitative estimate of drug-likeness (QED) is 0.529. The summed E-state index contributed by atoms with van der Waals surface area (Å²) in [6, 6.07) is 5.52. The van der Waals surface area contributed by atoms with E-state index in [2.05, 4.69) is 4.74 Å². The van der Waals surface area contributed by atoms with Crippen molar-refractivity contribution < 1.29 is 24.2 Å². The molecule has 0 bridgehead atoms. The second-order valence-electron chi connectivity index (χ2n) is 4.92. The zero-order valence-corrected chi connectivity index (χ0v) is 11.8. The number of hydrogen-bond donors (Lipinski definition) is 2. The van der Waals surface area contributed by atoms with Gasteiger partial charge in [-0.15, -0.1) is 0 Å². The highest BCUT2D eigenvalue weighted by atomic mass is 16.5. The first-order valence-corrected chi connectivity index (χ1v) is 6.44. The number of aryl methyl sites for hydroxylation is 1. The van der Waals surface area contributed by atoms with Gasteiger partial charge in [0.1, 0.15) is 16.7 Å². The summed E-state index contributed by atoms with van der Waals surface area (Å²) in [4.78, 5) is 24.5. The lowest BCUT2D eigenvalue weighted by atomic mass is 10.0. The van der Waals surface area contributed by atoms with Crippen LogP contribution in [-0.2, 0) is 4.74 Å². The smallest absolute Gasteiger partial charge is 0.338 e. The van der Waals surface area contributed by atoms with Crippen LogP contribution in [0.4, 0.5) is 0 Å². The van der Waals surface area contributed by atoms with Crippen molar-refractivity contribution >= 4 is 27.9 Å². The third-order valence-electron chi connectivity index (χ3n) is 3.43. The first-order chi connectivity index (χ1) is 10.4. The maximum absolute atomic E-state index is 12.7. The van der Waals surface area contributed by atoms with Gasteiger partial charge in [0.25, 0.3) is 0 Å². The molecule has 0 aliphatic heterocycles. The number of carbonyl (C=O) groups is 1. The van der Waals surface area contributed by atoms with E-state index in [0.717, 1.165) is 0 Å². The van der Waals surface area contributed by atoms with Crippen molar-refractivity contribution in [2.45, 2.75) is 6.92 Å². The summed E-state index contributed by atoms with van der Waals surface area (Å²) >= 11 is 0. The molecule has 112 valence electrons. The van der Waals surface area contributed by atoms with Crippen LogP contribution in [0.5, 0.6) is 11.5 Å². The second kappa shape index (κ2) is 4.77. The van der Waals surface area contributed by atoms with Gasteiger partial charge in [0, 0.05) is 0 Å². The number of hydrogen-bond acceptors (Lipinski definition) is 6. The van der Waals surface area contributed by atoms with Crippen LogP contribution in [0.25, 0.3) is 21.9 Å². The van der Waals surface area contributed by atoms with Gasteiger partial charge in [-0.25, -0.2) is 4.79 Å². The largest absolute Gasteiger partial charge is 0.507 e. The number of methoxy groups -OCH3 is 1. The summed E-state index contributed by atoms with van der Waals surface area (Å²) in [5.41, 5.74) is 0.0600. The number of ether oxygens (including phenoxy) is 1. The van der Waals surface area contributed by atoms with Crippen LogP contribution in [-0.4, -0.2) is 23.3 Å². The first-order valence-electron chi connectivity index (χ1n) is 6.44. The molecule has 22 heavy (non-hydrogen) atoms. The SMILES string of the molecule is COC(=O)c1ccc(O)c2oc3cc(C)cc(O)c3c(=O)c12. The summed E-state index contributed by atoms with van der Waals surface area (Å²) in [5.74, 6) is -1.25. The minimum absolute atomic E-state index is 0.0362. The molecule has 2 N–H and O–H groups in total. The predicted octanol–water partition coefficient (Wildman–Crippen LogP) is 2.45. The average molecular weight is 300 g/mol. The summed E-state index contributed by atoms with van der Waals surface area (Å²) < 4.78 is 10.2. The Hall–Kier alpha value is -3.02. The van der Waals surface area contributed by atoms with E-state index in [-0.39, 0.29) is 39.0 Å². The van der Waals surface area contributed by atoms with E-state index in [9.17, 15) is 19.8 Å². The molecule has 0 saturated carbocycles. The van der Waals surface area contributed by atoms with Crippen LogP contribution in [0.3, 0.4) is 0 Å². The van der Waals surface area contributed by atoms with Crippen LogP contribution in [0.1, 0.15) is 15.9 Å². The van der Waals surface area contributed by atoms with Gasteiger partial charge in [-0.2, -0.15) is 0 Å². The van der Waals surface area contributed by atoms with Crippen LogP contribution < -0.4 is 5.43 Å². The molecule has 0 atom stereocenters. The molecule has 0 fully saturated rings. The van der Waals surface area contributed by atoms with Crippen molar-refractivity contribution in [3.05, 3.63) is 45.6 Å². The van der Waals surface area contributed by atoms with Gasteiger partial charge >= 0.3 is 5.97 Å². The Balaban J connectivity index is 2.60. The standard InChI is InChI=1S/C16H12O6/c1-7-5-10(18)13-11(6-7)22-15-9(17)4-3-8(16(20)21-2)12(15)14(13)19/h3-6,17-18H,1-2H3. The molecule has 1 heterocycles. The number of phenolic OH excluding ortho intramolecular Hbond substituents is 2. The molecule has 3 aromatic rings. The van der Waals surface area contributed by atoms with Crippen LogP contribution in [0.15, 0.2) is 33.5 Å². The maximum atomic E-state index is 12.7. The Bertz CT molecular complexity index is 983. The van der Waals surface area contributed by atoms with Crippen LogP contribution in [0.2, 0.25) is 0 Å². The molecule has 0 radical (unpaired) electrons. The molecule has 6 heteroatoms. The molecule has 6 nitrogen and oxygen atoms in total. The van der Waals surface area contributed by atoms with Crippen molar-refractivity contribution in [2.24, 2.45) is 0 Å². The summed E-state index contributed by atoms with van der Waals surface area (Å²) in [7, 11) is 1.19. The molecule has 0 spiro atoms. The fraction of sp³-hybridized carbons (Fsp3) is 0.125. The lowest BCUT2D eigenvalue weighted by Crippen LogP contribution is -2.10. The zero-order chi connectivity index (χ0) is 16.0. The van der Waals surface area contributed by atoms with E-state index >= 15 is 0 Å². The van der Waals surface area contributed by atoms with E-state index in [4.69, 9.17) is 4.42 Å². The second-order valence-corrected chi connectivity index (χ2v) is 4.92. The van der Waals surface area contributed by atoms with Gasteiger partial charge in [-0.05, 0) is 36.8 Å². The number of rotatable bonds is 1. The number of aromatic hydroxyl groups is 2. The molecule has 0 aliphatic rings. The van der Waals surface area contributed by atoms with Crippen molar-refractivity contribution in [1.82, 2.24) is 0 Å². The van der Waals surface area contributed by atoms with Crippen molar-refractivity contribution in [1.29, 1.82) is 0 Å². The monoisotopic (exact) mass is 300 g/mol. The number of esters is 1. The van der Waals surface area contributed by atoms with Crippen molar-refractivity contribution in [3.63, 3.8) is 0 Å². The molecule has 0 amide bonds. The molecule has 0 saturated heterocycles. The third-order valence-corrected chi connectivity index (χ3v) is 3.43. The highest BCUT2D eigenvalue weighted by Gasteiger charge is 2.21. The fourth-order valence-electron chi connectivity index (χ4n) is 2.46. The minimum Gasteiger partial charge on any atom is -0.507 e. The first kappa shape index (κ1) is 13.9. The highest BCUT2D eigenvalue weighted by Crippen LogP contribution is 2.32. The molecule has 2 aromatic carbocycles. The Labute approximate surface area is 124 Å². The average Bonchev–Trinajstić information content (AvgIpc) is 2.47. The Morgan fingerprint density at radius 1 is 1.14 bits per heavy atom. The van der Waals surface area contributed by atoms with Gasteiger partial charge in [-0.3, -0.25) is 4.79 Å². The predicted molar refractivity (Wildman–Crippen MR) is 79.4 cm³/mol. The Kier molecular flexibility index (Phi) is 3.02. The Morgan fingerprint density at radius 3 is 2.55 bits per heavy atom. The van der Waals surface area contributed by atoms with E-state index in [1.54, 1.807) is 13.0 Å². The normalized spacial score (nSPS) is 11.0. The Morgan fingerprint density at radius 2 is 1.86 bits per heavy atom. The van der Waals surface area contributed by atoms with Gasteiger partial charge in [0.2, 0.25) is 5.43 Å². The van der Waals surface area contributed by atoms with E-state index < -0.39 is 11.4 Å². The van der Waals surface area contributed by atoms with Crippen LogP contribution in [0, 0.1) is 6.92 Å². The number of fused-ring (bicyclic) bond motifs is 2. The lowest BCUT2D eigenvalue weighted by molar-refractivity contribution is 0.0603. The summed E-state index contributed by atoms with van der Waals surface area (Å²) in [6.45, 7) is 1.73. The number of carbonyl (C=O) groups excluding carboxylic acids is 1. The molecular formula is C16H12O6. The molecule has 1 aromatic heterocycles. The fourth-order valence-corrected chi connectivity index (χ4v) is 2.46. The minimum atomic E-state index is -0.733. The van der Waals surface area contributed by atoms with Gasteiger partial charge in [-0.1, -0.05) is 0 Å². The molecular weight excluding hydrogens is 288 g/mol. The van der Waals surface area contributed by atoms with E-state index in [1.165, 1.54) is 25.3 Å². The summed E-state index contributed by atoms with van der Waals surface area (Å²) in [6.07, 6.45) is 0. The third kappa shape index (κ3) is 1.88. The highest BCUT2D eigenvalue weighted by molar-refractivity contribution is 6.07. The van der Waals surface area contributed by atoms with Crippen molar-refractivity contribution in [2.75, 3.05) is 7.11 Å². The summed E-state index contributed by atoms with van der Waals surface area (Å²) in [5, 5.41) is 19.8. The molecule has 0 unspecified atom stereocenters. The van der Waals surface area contributed by atoms with Crippen molar-refractivity contribution in [3.8, 4) is 11.5 Å². The lowest BCUT2D eigenvalue weighted by Gasteiger charge is -2.08. The van der Waals surface area contributed by atoms with Gasteiger partial charge in [0.15, 0.2) is 11.3 Å². The topological polar surface area (TPSA) is 97.0 Å². The zero-order valence-electron chi connectivity index (χ0n) is 11.8. The van der Waals surface area contributed by atoms with E-state index in [0.29, 0.717) is 5.56 Å². The number of benzene rings is 2. The van der Waals surface area contributed by atoms with Crippen LogP contribution >= 0.6 is 0 Å².